The van der Waals surface area contributed by atoms with Crippen LogP contribution in [0.4, 0.5) is 0 Å². The number of aliphatic hydroxyl groups excluding tert-OH is 1. The summed E-state index contributed by atoms with van der Waals surface area (Å²) in [5.74, 6) is 0. The molecule has 0 radical (unpaired) electrons. The summed E-state index contributed by atoms with van der Waals surface area (Å²) in [5, 5.41) is 12.3. The Hall–Kier alpha value is -0.380. The molecule has 1 saturated heterocycles. The summed E-state index contributed by atoms with van der Waals surface area (Å²) in [6.07, 6.45) is 3.14. The lowest BCUT2D eigenvalue weighted by molar-refractivity contribution is 0.143. The summed E-state index contributed by atoms with van der Waals surface area (Å²) in [4.78, 5) is 2.44. The van der Waals surface area contributed by atoms with Crippen molar-refractivity contribution in [1.82, 2.24) is 10.2 Å². The maximum atomic E-state index is 8.94. The minimum atomic E-state index is 0.289. The van der Waals surface area contributed by atoms with Crippen molar-refractivity contribution in [3.05, 3.63) is 11.6 Å². The predicted molar refractivity (Wildman–Crippen MR) is 59.4 cm³/mol. The SMILES string of the molecule is CC(C)=CCN1CCNCC1CCO. The number of piperazine rings is 1. The van der Waals surface area contributed by atoms with Crippen molar-refractivity contribution in [2.75, 3.05) is 32.8 Å². The number of nitrogens with one attached hydrogen (secondary N) is 1. The molecule has 3 nitrogen and oxygen atoms in total. The first-order valence-corrected chi connectivity index (χ1v) is 5.43. The minimum absolute atomic E-state index is 0.289. The third-order valence-electron chi connectivity index (χ3n) is 2.67. The normalized spacial score (nSPS) is 23.5. The summed E-state index contributed by atoms with van der Waals surface area (Å²) in [6, 6.07) is 0.504. The van der Waals surface area contributed by atoms with Gasteiger partial charge in [-0.2, -0.15) is 0 Å². The van der Waals surface area contributed by atoms with Crippen molar-refractivity contribution in [3.63, 3.8) is 0 Å². The van der Waals surface area contributed by atoms with Crippen LogP contribution in [0.2, 0.25) is 0 Å². The molecule has 1 aliphatic rings. The van der Waals surface area contributed by atoms with Gasteiger partial charge in [0.1, 0.15) is 0 Å². The first-order valence-electron chi connectivity index (χ1n) is 5.43. The molecule has 82 valence electrons. The second kappa shape index (κ2) is 6.17. The average Bonchev–Trinajstić information content (AvgIpc) is 2.17. The van der Waals surface area contributed by atoms with E-state index in [0.717, 1.165) is 32.6 Å². The van der Waals surface area contributed by atoms with Crippen LogP contribution in [0.25, 0.3) is 0 Å². The highest BCUT2D eigenvalue weighted by molar-refractivity contribution is 4.96. The molecule has 0 amide bonds. The smallest absolute Gasteiger partial charge is 0.0446 e. The van der Waals surface area contributed by atoms with Crippen molar-refractivity contribution >= 4 is 0 Å². The first kappa shape index (κ1) is 11.7. The third-order valence-corrected chi connectivity index (χ3v) is 2.67. The van der Waals surface area contributed by atoms with Crippen molar-refractivity contribution in [3.8, 4) is 0 Å². The van der Waals surface area contributed by atoms with E-state index < -0.39 is 0 Å². The van der Waals surface area contributed by atoms with E-state index in [1.165, 1.54) is 5.57 Å². The van der Waals surface area contributed by atoms with Gasteiger partial charge >= 0.3 is 0 Å². The molecule has 0 spiro atoms. The summed E-state index contributed by atoms with van der Waals surface area (Å²) in [7, 11) is 0. The third kappa shape index (κ3) is 3.78. The van der Waals surface area contributed by atoms with E-state index >= 15 is 0 Å². The molecule has 1 heterocycles. The quantitative estimate of drug-likeness (QED) is 0.650. The Kier molecular flexibility index (Phi) is 5.15. The van der Waals surface area contributed by atoms with Crippen LogP contribution in [0.5, 0.6) is 0 Å². The number of rotatable bonds is 4. The Morgan fingerprint density at radius 1 is 1.57 bits per heavy atom. The van der Waals surface area contributed by atoms with Crippen LogP contribution < -0.4 is 5.32 Å². The molecule has 1 unspecified atom stereocenters. The van der Waals surface area contributed by atoms with Gasteiger partial charge in [0.2, 0.25) is 0 Å². The van der Waals surface area contributed by atoms with Crippen molar-refractivity contribution in [2.24, 2.45) is 0 Å². The number of nitrogens with zero attached hydrogens (tertiary/aromatic N) is 1. The Labute approximate surface area is 86.8 Å². The molecule has 0 aromatic heterocycles. The van der Waals surface area contributed by atoms with E-state index in [9.17, 15) is 0 Å². The van der Waals surface area contributed by atoms with E-state index in [-0.39, 0.29) is 6.61 Å². The Morgan fingerprint density at radius 3 is 3.00 bits per heavy atom. The van der Waals surface area contributed by atoms with E-state index in [0.29, 0.717) is 6.04 Å². The molecule has 0 saturated carbocycles. The highest BCUT2D eigenvalue weighted by atomic mass is 16.3. The van der Waals surface area contributed by atoms with Crippen molar-refractivity contribution < 1.29 is 5.11 Å². The van der Waals surface area contributed by atoms with Gasteiger partial charge in [0.25, 0.3) is 0 Å². The Balaban J connectivity index is 2.41. The van der Waals surface area contributed by atoms with E-state index in [4.69, 9.17) is 5.11 Å². The van der Waals surface area contributed by atoms with Crippen molar-refractivity contribution in [1.29, 1.82) is 0 Å². The molecule has 1 aliphatic heterocycles. The fourth-order valence-corrected chi connectivity index (χ4v) is 1.78. The summed E-state index contributed by atoms with van der Waals surface area (Å²) < 4.78 is 0. The number of hydrogen-bond donors (Lipinski definition) is 2. The van der Waals surface area contributed by atoms with Gasteiger partial charge in [0.15, 0.2) is 0 Å². The summed E-state index contributed by atoms with van der Waals surface area (Å²) in [6.45, 7) is 8.74. The van der Waals surface area contributed by atoms with Crippen LogP contribution in [-0.2, 0) is 0 Å². The molecular formula is C11H22N2O. The van der Waals surface area contributed by atoms with Gasteiger partial charge in [-0.15, -0.1) is 0 Å². The molecule has 2 N–H and O–H groups in total. The van der Waals surface area contributed by atoms with Gasteiger partial charge in [0, 0.05) is 38.8 Å². The topological polar surface area (TPSA) is 35.5 Å². The molecule has 1 fully saturated rings. The van der Waals surface area contributed by atoms with Crippen LogP contribution in [-0.4, -0.2) is 48.8 Å². The lowest BCUT2D eigenvalue weighted by atomic mass is 10.1. The van der Waals surface area contributed by atoms with Gasteiger partial charge in [-0.3, -0.25) is 4.90 Å². The zero-order valence-corrected chi connectivity index (χ0v) is 9.29. The molecule has 14 heavy (non-hydrogen) atoms. The van der Waals surface area contributed by atoms with Crippen LogP contribution in [0, 0.1) is 0 Å². The van der Waals surface area contributed by atoms with E-state index in [1.54, 1.807) is 0 Å². The highest BCUT2D eigenvalue weighted by Gasteiger charge is 2.19. The second-order valence-electron chi connectivity index (χ2n) is 4.15. The van der Waals surface area contributed by atoms with Gasteiger partial charge < -0.3 is 10.4 Å². The molecule has 0 aliphatic carbocycles. The standard InChI is InChI=1S/C11H22N2O/c1-10(2)3-6-13-7-5-12-9-11(13)4-8-14/h3,11-12,14H,4-9H2,1-2H3. The summed E-state index contributed by atoms with van der Waals surface area (Å²) >= 11 is 0. The summed E-state index contributed by atoms with van der Waals surface area (Å²) in [5.41, 5.74) is 1.37. The number of aliphatic hydroxyl groups is 1. The largest absolute Gasteiger partial charge is 0.396 e. The van der Waals surface area contributed by atoms with E-state index in [1.807, 2.05) is 0 Å². The van der Waals surface area contributed by atoms with Crippen LogP contribution in [0.1, 0.15) is 20.3 Å². The molecule has 0 aromatic rings. The van der Waals surface area contributed by atoms with Crippen LogP contribution >= 0.6 is 0 Å². The van der Waals surface area contributed by atoms with Gasteiger partial charge in [0.05, 0.1) is 0 Å². The molecule has 3 heteroatoms. The molecule has 0 aromatic carbocycles. The highest BCUT2D eigenvalue weighted by Crippen LogP contribution is 2.07. The Morgan fingerprint density at radius 2 is 2.36 bits per heavy atom. The maximum absolute atomic E-state index is 8.94. The molecule has 0 bridgehead atoms. The Bertz CT molecular complexity index is 186. The lowest BCUT2D eigenvalue weighted by Gasteiger charge is -2.35. The second-order valence-corrected chi connectivity index (χ2v) is 4.15. The monoisotopic (exact) mass is 198 g/mol. The van der Waals surface area contributed by atoms with Gasteiger partial charge in [-0.1, -0.05) is 11.6 Å². The number of hydrogen-bond acceptors (Lipinski definition) is 3. The van der Waals surface area contributed by atoms with Crippen LogP contribution in [0.15, 0.2) is 11.6 Å². The zero-order valence-electron chi connectivity index (χ0n) is 9.29. The average molecular weight is 198 g/mol. The fraction of sp³-hybridized carbons (Fsp3) is 0.818. The number of allylic oxidation sites excluding steroid dienone is 1. The predicted octanol–water partition coefficient (Wildman–Crippen LogP) is 0.609. The van der Waals surface area contributed by atoms with Crippen LogP contribution in [0.3, 0.4) is 0 Å². The van der Waals surface area contributed by atoms with Crippen molar-refractivity contribution in [2.45, 2.75) is 26.3 Å². The fourth-order valence-electron chi connectivity index (χ4n) is 1.78. The van der Waals surface area contributed by atoms with E-state index in [2.05, 4.69) is 30.1 Å². The zero-order chi connectivity index (χ0) is 10.4. The lowest BCUT2D eigenvalue weighted by Crippen LogP contribution is -2.51. The molecule has 1 atom stereocenters. The molecule has 1 rings (SSSR count). The van der Waals surface area contributed by atoms with Gasteiger partial charge in [-0.05, 0) is 20.3 Å². The molecular weight excluding hydrogens is 176 g/mol. The minimum Gasteiger partial charge on any atom is -0.396 e. The van der Waals surface area contributed by atoms with Gasteiger partial charge in [-0.25, -0.2) is 0 Å². The first-order chi connectivity index (χ1) is 6.74. The maximum Gasteiger partial charge on any atom is 0.0446 e.